The lowest BCUT2D eigenvalue weighted by molar-refractivity contribution is 0.343. The summed E-state index contributed by atoms with van der Waals surface area (Å²) < 4.78 is 10.6. The van der Waals surface area contributed by atoms with Crippen molar-refractivity contribution < 1.29 is 9.47 Å². The van der Waals surface area contributed by atoms with Crippen molar-refractivity contribution >= 4 is 23.2 Å². The van der Waals surface area contributed by atoms with Gasteiger partial charge in [-0.15, -0.1) is 11.6 Å². The first-order valence-corrected chi connectivity index (χ1v) is 7.54. The smallest absolute Gasteiger partial charge is 0.162 e. The molecule has 0 bridgehead atoms. The Morgan fingerprint density at radius 3 is 2.21 bits per heavy atom. The molecule has 1 aromatic carbocycles. The predicted octanol–water partition coefficient (Wildman–Crippen LogP) is 5.22. The van der Waals surface area contributed by atoms with Crippen LogP contribution in [0.4, 0.5) is 0 Å². The Morgan fingerprint density at radius 1 is 1.05 bits per heavy atom. The maximum atomic E-state index is 6.63. The molecule has 4 heteroatoms. The molecule has 0 N–H and O–H groups in total. The Labute approximate surface area is 125 Å². The van der Waals surface area contributed by atoms with Crippen molar-refractivity contribution in [2.45, 2.75) is 37.5 Å². The summed E-state index contributed by atoms with van der Waals surface area (Å²) in [5.41, 5.74) is 0.952. The number of ether oxygens (including phenoxy) is 2. The molecule has 1 unspecified atom stereocenters. The number of hydrogen-bond acceptors (Lipinski definition) is 2. The van der Waals surface area contributed by atoms with Crippen LogP contribution in [0.5, 0.6) is 11.5 Å². The molecule has 1 aliphatic carbocycles. The van der Waals surface area contributed by atoms with Gasteiger partial charge in [0.25, 0.3) is 0 Å². The van der Waals surface area contributed by atoms with Crippen molar-refractivity contribution in [3.8, 4) is 11.5 Å². The largest absolute Gasteiger partial charge is 0.493 e. The lowest BCUT2D eigenvalue weighted by atomic mass is 9.84. The summed E-state index contributed by atoms with van der Waals surface area (Å²) in [6.45, 7) is 0. The van der Waals surface area contributed by atoms with Crippen molar-refractivity contribution in [1.29, 1.82) is 0 Å². The Morgan fingerprint density at radius 2 is 1.63 bits per heavy atom. The molecule has 1 saturated carbocycles. The maximum Gasteiger partial charge on any atom is 0.162 e. The van der Waals surface area contributed by atoms with E-state index in [4.69, 9.17) is 32.7 Å². The summed E-state index contributed by atoms with van der Waals surface area (Å²) in [5, 5.41) is 0.607. The van der Waals surface area contributed by atoms with Gasteiger partial charge >= 0.3 is 0 Å². The van der Waals surface area contributed by atoms with Crippen LogP contribution in [0.2, 0.25) is 5.02 Å². The zero-order valence-corrected chi connectivity index (χ0v) is 12.9. The van der Waals surface area contributed by atoms with Gasteiger partial charge in [-0.1, -0.05) is 30.9 Å². The third-order valence-corrected chi connectivity index (χ3v) is 4.78. The zero-order valence-electron chi connectivity index (χ0n) is 11.4. The van der Waals surface area contributed by atoms with E-state index in [1.807, 2.05) is 6.07 Å². The van der Waals surface area contributed by atoms with Crippen molar-refractivity contribution in [2.24, 2.45) is 5.92 Å². The molecular weight excluding hydrogens is 283 g/mol. The molecule has 1 aromatic rings. The van der Waals surface area contributed by atoms with Gasteiger partial charge in [-0.3, -0.25) is 0 Å². The van der Waals surface area contributed by atoms with Crippen LogP contribution in [0.1, 0.15) is 43.0 Å². The van der Waals surface area contributed by atoms with Gasteiger partial charge in [0.1, 0.15) is 0 Å². The van der Waals surface area contributed by atoms with Gasteiger partial charge in [-0.2, -0.15) is 0 Å². The highest BCUT2D eigenvalue weighted by atomic mass is 35.5. The fourth-order valence-electron chi connectivity index (χ4n) is 2.76. The molecule has 106 valence electrons. The van der Waals surface area contributed by atoms with E-state index in [1.165, 1.54) is 32.1 Å². The molecule has 1 aliphatic rings. The van der Waals surface area contributed by atoms with Crippen LogP contribution in [-0.2, 0) is 0 Å². The minimum atomic E-state index is -0.0485. The van der Waals surface area contributed by atoms with E-state index in [-0.39, 0.29) is 5.38 Å². The van der Waals surface area contributed by atoms with Gasteiger partial charge in [0.15, 0.2) is 11.5 Å². The summed E-state index contributed by atoms with van der Waals surface area (Å²) in [7, 11) is 3.23. The summed E-state index contributed by atoms with van der Waals surface area (Å²) >= 11 is 13.0. The lowest BCUT2D eigenvalue weighted by Crippen LogP contribution is -2.12. The molecule has 0 aliphatic heterocycles. The molecule has 0 spiro atoms. The number of methoxy groups -OCH3 is 2. The quantitative estimate of drug-likeness (QED) is 0.710. The van der Waals surface area contributed by atoms with Crippen LogP contribution in [0.15, 0.2) is 12.1 Å². The minimum absolute atomic E-state index is 0.0485. The predicted molar refractivity (Wildman–Crippen MR) is 79.7 cm³/mol. The first kappa shape index (κ1) is 14.8. The fraction of sp³-hybridized carbons (Fsp3) is 0.600. The normalized spacial score (nSPS) is 18.1. The van der Waals surface area contributed by atoms with E-state index in [0.29, 0.717) is 22.4 Å². The molecule has 0 radical (unpaired) electrons. The van der Waals surface area contributed by atoms with E-state index >= 15 is 0 Å². The first-order chi connectivity index (χ1) is 9.17. The second-order valence-corrected chi connectivity index (χ2v) is 5.91. The van der Waals surface area contributed by atoms with E-state index < -0.39 is 0 Å². The molecule has 0 heterocycles. The molecule has 2 rings (SSSR count). The summed E-state index contributed by atoms with van der Waals surface area (Å²) in [6.07, 6.45) is 6.20. The van der Waals surface area contributed by atoms with Crippen molar-refractivity contribution in [3.05, 3.63) is 22.7 Å². The Balaban J connectivity index is 2.27. The van der Waals surface area contributed by atoms with Crippen LogP contribution in [0.25, 0.3) is 0 Å². The third kappa shape index (κ3) is 3.29. The number of halogens is 2. The Kier molecular flexibility index (Phi) is 5.23. The fourth-order valence-corrected chi connectivity index (χ4v) is 3.52. The highest BCUT2D eigenvalue weighted by Crippen LogP contribution is 2.44. The van der Waals surface area contributed by atoms with Gasteiger partial charge in [0.05, 0.1) is 19.6 Å². The van der Waals surface area contributed by atoms with E-state index in [0.717, 1.165) is 5.56 Å². The topological polar surface area (TPSA) is 18.5 Å². The van der Waals surface area contributed by atoms with Crippen LogP contribution >= 0.6 is 23.2 Å². The minimum Gasteiger partial charge on any atom is -0.493 e. The van der Waals surface area contributed by atoms with Gasteiger partial charge in [-0.05, 0) is 30.4 Å². The average Bonchev–Trinajstić information content (AvgIpc) is 2.47. The molecule has 0 amide bonds. The van der Waals surface area contributed by atoms with Gasteiger partial charge in [0, 0.05) is 11.1 Å². The second-order valence-electron chi connectivity index (χ2n) is 5.03. The van der Waals surface area contributed by atoms with Crippen molar-refractivity contribution in [3.63, 3.8) is 0 Å². The monoisotopic (exact) mass is 302 g/mol. The third-order valence-electron chi connectivity index (χ3n) is 3.86. The lowest BCUT2D eigenvalue weighted by Gasteiger charge is -2.27. The standard InChI is InChI=1S/C15H20Cl2O2/c1-18-13-8-11(12(16)9-14(13)19-2)15(17)10-6-4-3-5-7-10/h8-10,15H,3-7H2,1-2H3. The molecule has 1 atom stereocenters. The van der Waals surface area contributed by atoms with Crippen molar-refractivity contribution in [2.75, 3.05) is 14.2 Å². The van der Waals surface area contributed by atoms with Crippen LogP contribution in [-0.4, -0.2) is 14.2 Å². The van der Waals surface area contributed by atoms with E-state index in [9.17, 15) is 0 Å². The van der Waals surface area contributed by atoms with Crippen LogP contribution in [0.3, 0.4) is 0 Å². The maximum absolute atomic E-state index is 6.63. The number of alkyl halides is 1. The van der Waals surface area contributed by atoms with Crippen LogP contribution in [0, 0.1) is 5.92 Å². The number of rotatable bonds is 4. The molecule has 2 nitrogen and oxygen atoms in total. The van der Waals surface area contributed by atoms with Gasteiger partial charge in [-0.25, -0.2) is 0 Å². The zero-order chi connectivity index (χ0) is 13.8. The second kappa shape index (κ2) is 6.71. The number of hydrogen-bond donors (Lipinski definition) is 0. The molecule has 0 saturated heterocycles. The van der Waals surface area contributed by atoms with E-state index in [1.54, 1.807) is 20.3 Å². The first-order valence-electron chi connectivity index (χ1n) is 6.73. The molecular formula is C15H20Cl2O2. The summed E-state index contributed by atoms with van der Waals surface area (Å²) in [4.78, 5) is 0. The highest BCUT2D eigenvalue weighted by molar-refractivity contribution is 6.33. The molecule has 19 heavy (non-hydrogen) atoms. The Hall–Kier alpha value is -0.600. The van der Waals surface area contributed by atoms with Gasteiger partial charge in [0.2, 0.25) is 0 Å². The SMILES string of the molecule is COc1cc(Cl)c(C(Cl)C2CCCCC2)cc1OC. The van der Waals surface area contributed by atoms with Crippen LogP contribution < -0.4 is 9.47 Å². The van der Waals surface area contributed by atoms with Crippen molar-refractivity contribution in [1.82, 2.24) is 0 Å². The molecule has 1 fully saturated rings. The van der Waals surface area contributed by atoms with Gasteiger partial charge < -0.3 is 9.47 Å². The Bertz CT molecular complexity index is 428. The summed E-state index contributed by atoms with van der Waals surface area (Å²) in [6, 6.07) is 3.70. The van der Waals surface area contributed by atoms with E-state index in [2.05, 4.69) is 0 Å². The highest BCUT2D eigenvalue weighted by Gasteiger charge is 2.26. The molecule has 0 aromatic heterocycles. The average molecular weight is 303 g/mol. The number of benzene rings is 1. The summed E-state index contributed by atoms with van der Waals surface area (Å²) in [5.74, 6) is 1.83.